The van der Waals surface area contributed by atoms with Crippen LogP contribution >= 0.6 is 23.2 Å². The van der Waals surface area contributed by atoms with Crippen LogP contribution in [-0.4, -0.2) is 29.7 Å². The first-order chi connectivity index (χ1) is 18.7. The number of carbonyl (C=O) groups excluding carboxylic acids is 1. The number of benzene rings is 4. The molecule has 1 amide bonds. The Morgan fingerprint density at radius 3 is 2.31 bits per heavy atom. The molecule has 0 saturated heterocycles. The Morgan fingerprint density at radius 2 is 1.59 bits per heavy atom. The molecule has 0 aliphatic rings. The second kappa shape index (κ2) is 11.0. The number of halogens is 2. The van der Waals surface area contributed by atoms with Crippen LogP contribution in [0.25, 0.3) is 21.8 Å². The number of nitrogens with one attached hydrogen (secondary N) is 1. The summed E-state index contributed by atoms with van der Waals surface area (Å²) in [5.74, 6) is -0.454. The maximum Gasteiger partial charge on any atom is 0.243 e. The monoisotopic (exact) mass is 579 g/mol. The third kappa shape index (κ3) is 5.54. The van der Waals surface area contributed by atoms with Gasteiger partial charge in [0.2, 0.25) is 15.9 Å². The molecule has 6 nitrogen and oxygen atoms in total. The molecule has 4 aromatic carbocycles. The van der Waals surface area contributed by atoms with Crippen LogP contribution in [0.15, 0.2) is 89.8 Å². The highest BCUT2D eigenvalue weighted by atomic mass is 35.5. The van der Waals surface area contributed by atoms with Crippen molar-refractivity contribution >= 4 is 66.6 Å². The summed E-state index contributed by atoms with van der Waals surface area (Å²) in [4.78, 5) is 13.4. The second-order valence-corrected chi connectivity index (χ2v) is 12.1. The molecule has 0 fully saturated rings. The number of aryl methyl sites for hydroxylation is 2. The first-order valence-electron chi connectivity index (χ1n) is 12.5. The molecule has 200 valence electrons. The van der Waals surface area contributed by atoms with Crippen molar-refractivity contribution in [1.29, 1.82) is 0 Å². The zero-order chi connectivity index (χ0) is 27.7. The smallest absolute Gasteiger partial charge is 0.243 e. The van der Waals surface area contributed by atoms with Gasteiger partial charge in [0, 0.05) is 40.6 Å². The molecule has 0 unspecified atom stereocenters. The summed E-state index contributed by atoms with van der Waals surface area (Å²) in [6.45, 7) is 4.36. The van der Waals surface area contributed by atoms with Gasteiger partial charge in [-0.15, -0.1) is 0 Å². The Morgan fingerprint density at radius 1 is 0.872 bits per heavy atom. The number of carbonyl (C=O) groups is 1. The zero-order valence-electron chi connectivity index (χ0n) is 21.5. The maximum atomic E-state index is 13.6. The molecule has 39 heavy (non-hydrogen) atoms. The number of sulfonamides is 1. The van der Waals surface area contributed by atoms with Crippen LogP contribution in [0.4, 0.5) is 5.69 Å². The summed E-state index contributed by atoms with van der Waals surface area (Å²) < 4.78 is 30.6. The number of hydrogen-bond acceptors (Lipinski definition) is 3. The van der Waals surface area contributed by atoms with Gasteiger partial charge in [0.25, 0.3) is 0 Å². The minimum atomic E-state index is -4.00. The van der Waals surface area contributed by atoms with Gasteiger partial charge in [-0.3, -0.25) is 4.79 Å². The topological polar surface area (TPSA) is 71.4 Å². The first-order valence-corrected chi connectivity index (χ1v) is 14.7. The van der Waals surface area contributed by atoms with Crippen molar-refractivity contribution in [2.24, 2.45) is 0 Å². The van der Waals surface area contributed by atoms with E-state index in [0.717, 1.165) is 38.2 Å². The van der Waals surface area contributed by atoms with Gasteiger partial charge in [-0.25, -0.2) is 8.42 Å². The van der Waals surface area contributed by atoms with Crippen LogP contribution in [0.5, 0.6) is 0 Å². The van der Waals surface area contributed by atoms with E-state index in [1.54, 1.807) is 42.5 Å². The van der Waals surface area contributed by atoms with E-state index in [0.29, 0.717) is 21.3 Å². The molecule has 1 N–H and O–H groups in total. The number of rotatable bonds is 8. The molecule has 0 spiro atoms. The quantitative estimate of drug-likeness (QED) is 0.210. The van der Waals surface area contributed by atoms with E-state index < -0.39 is 15.9 Å². The van der Waals surface area contributed by atoms with E-state index in [2.05, 4.69) is 28.9 Å². The summed E-state index contributed by atoms with van der Waals surface area (Å²) in [6, 6.07) is 25.3. The Bertz CT molecular complexity index is 1800. The standard InChI is InChI=1S/C30H27Cl2N3O3S/c1-3-35-28-7-5-4-6-24(28)25-17-22(11-15-29(25)35)33-30(36)19-34(18-21-10-14-26(31)27(32)16-21)39(37,38)23-12-8-20(2)9-13-23/h4-17H,3,18-19H2,1-2H3,(H,33,36). The Labute approximate surface area is 237 Å². The highest BCUT2D eigenvalue weighted by molar-refractivity contribution is 7.89. The molecule has 1 aromatic heterocycles. The van der Waals surface area contributed by atoms with Crippen molar-refractivity contribution < 1.29 is 13.2 Å². The van der Waals surface area contributed by atoms with E-state index >= 15 is 0 Å². The predicted octanol–water partition coefficient (Wildman–Crippen LogP) is 7.26. The van der Waals surface area contributed by atoms with Crippen LogP contribution in [0.3, 0.4) is 0 Å². The molecular formula is C30H27Cl2N3O3S. The minimum absolute atomic E-state index is 0.0520. The van der Waals surface area contributed by atoms with Gasteiger partial charge in [-0.05, 0) is 67.9 Å². The number of fused-ring (bicyclic) bond motifs is 3. The van der Waals surface area contributed by atoms with Crippen LogP contribution < -0.4 is 5.32 Å². The molecule has 1 heterocycles. The minimum Gasteiger partial charge on any atom is -0.341 e. The molecule has 0 bridgehead atoms. The summed E-state index contributed by atoms with van der Waals surface area (Å²) in [5, 5.41) is 5.68. The normalized spacial score (nSPS) is 11.9. The highest BCUT2D eigenvalue weighted by Gasteiger charge is 2.27. The van der Waals surface area contributed by atoms with Crippen LogP contribution in [0.1, 0.15) is 18.1 Å². The Hall–Kier alpha value is -3.36. The number of nitrogens with zero attached hydrogens (tertiary/aromatic N) is 2. The number of para-hydroxylation sites is 1. The van der Waals surface area contributed by atoms with E-state index in [1.807, 2.05) is 37.3 Å². The molecule has 0 aliphatic heterocycles. The van der Waals surface area contributed by atoms with E-state index in [-0.39, 0.29) is 18.0 Å². The van der Waals surface area contributed by atoms with Crippen molar-refractivity contribution in [3.05, 3.63) is 106 Å². The van der Waals surface area contributed by atoms with Gasteiger partial charge in [0.05, 0.1) is 21.5 Å². The molecule has 5 rings (SSSR count). The average Bonchev–Trinajstić information content (AvgIpc) is 3.23. The summed E-state index contributed by atoms with van der Waals surface area (Å²) >= 11 is 12.2. The van der Waals surface area contributed by atoms with Gasteiger partial charge < -0.3 is 9.88 Å². The van der Waals surface area contributed by atoms with Gasteiger partial charge >= 0.3 is 0 Å². The summed E-state index contributed by atoms with van der Waals surface area (Å²) in [6.07, 6.45) is 0. The van der Waals surface area contributed by atoms with Crippen molar-refractivity contribution in [3.8, 4) is 0 Å². The van der Waals surface area contributed by atoms with E-state index in [1.165, 1.54) is 0 Å². The number of anilines is 1. The highest BCUT2D eigenvalue weighted by Crippen LogP contribution is 2.31. The summed E-state index contributed by atoms with van der Waals surface area (Å²) in [7, 11) is -4.00. The molecule has 0 atom stereocenters. The second-order valence-electron chi connectivity index (χ2n) is 9.38. The van der Waals surface area contributed by atoms with Gasteiger partial charge in [-0.2, -0.15) is 4.31 Å². The maximum absolute atomic E-state index is 13.6. The number of hydrogen-bond donors (Lipinski definition) is 1. The van der Waals surface area contributed by atoms with Gasteiger partial charge in [0.1, 0.15) is 0 Å². The Kier molecular flexibility index (Phi) is 7.69. The molecule has 9 heteroatoms. The first kappa shape index (κ1) is 27.2. The van der Waals surface area contributed by atoms with Gasteiger partial charge in [0.15, 0.2) is 0 Å². The van der Waals surface area contributed by atoms with Crippen molar-refractivity contribution in [2.45, 2.75) is 31.8 Å². The molecular weight excluding hydrogens is 553 g/mol. The van der Waals surface area contributed by atoms with Crippen molar-refractivity contribution in [1.82, 2.24) is 8.87 Å². The SMILES string of the molecule is CCn1c2ccccc2c2cc(NC(=O)CN(Cc3ccc(Cl)c(Cl)c3)S(=O)(=O)c3ccc(C)cc3)ccc21. The molecule has 0 saturated carbocycles. The fourth-order valence-corrected chi connectivity index (χ4v) is 6.46. The van der Waals surface area contributed by atoms with Crippen LogP contribution in [0.2, 0.25) is 10.0 Å². The molecule has 0 radical (unpaired) electrons. The lowest BCUT2D eigenvalue weighted by molar-refractivity contribution is -0.116. The average molecular weight is 581 g/mol. The lowest BCUT2D eigenvalue weighted by Crippen LogP contribution is -2.37. The van der Waals surface area contributed by atoms with Crippen molar-refractivity contribution in [2.75, 3.05) is 11.9 Å². The number of aromatic nitrogens is 1. The number of amides is 1. The van der Waals surface area contributed by atoms with Gasteiger partial charge in [-0.1, -0.05) is 65.2 Å². The predicted molar refractivity (Wildman–Crippen MR) is 159 cm³/mol. The van der Waals surface area contributed by atoms with Crippen molar-refractivity contribution in [3.63, 3.8) is 0 Å². The lowest BCUT2D eigenvalue weighted by Gasteiger charge is -2.22. The Balaban J connectivity index is 1.45. The summed E-state index contributed by atoms with van der Waals surface area (Å²) in [5.41, 5.74) is 4.33. The fraction of sp³-hybridized carbons (Fsp3) is 0.167. The molecule has 5 aromatic rings. The fourth-order valence-electron chi connectivity index (χ4n) is 4.76. The third-order valence-corrected chi connectivity index (χ3v) is 9.24. The zero-order valence-corrected chi connectivity index (χ0v) is 23.8. The van der Waals surface area contributed by atoms with Crippen LogP contribution in [0, 0.1) is 6.92 Å². The van der Waals surface area contributed by atoms with Crippen LogP contribution in [-0.2, 0) is 27.9 Å². The van der Waals surface area contributed by atoms with E-state index in [9.17, 15) is 13.2 Å². The largest absolute Gasteiger partial charge is 0.341 e. The molecule has 0 aliphatic carbocycles. The lowest BCUT2D eigenvalue weighted by atomic mass is 10.1. The third-order valence-electron chi connectivity index (χ3n) is 6.69. The van der Waals surface area contributed by atoms with E-state index in [4.69, 9.17) is 23.2 Å².